The summed E-state index contributed by atoms with van der Waals surface area (Å²) in [4.78, 5) is 18.2. The first-order chi connectivity index (χ1) is 8.75. The molecule has 0 aliphatic carbocycles. The van der Waals surface area contributed by atoms with Crippen LogP contribution in [0.15, 0.2) is 12.1 Å². The molecule has 0 heterocycles. The molecule has 0 amide bonds. The van der Waals surface area contributed by atoms with Gasteiger partial charge < -0.3 is 14.3 Å². The molecular formula is C15H25O3P. The summed E-state index contributed by atoms with van der Waals surface area (Å²) < 4.78 is 5.21. The average Bonchev–Trinajstić information content (AvgIpc) is 2.26. The van der Waals surface area contributed by atoms with Crippen LogP contribution in [-0.2, 0) is 0 Å². The summed E-state index contributed by atoms with van der Waals surface area (Å²) in [5, 5.41) is 0. The molecule has 108 valence electrons. The number of rotatable bonds is 5. The maximum absolute atomic E-state index is 9.12. The zero-order chi connectivity index (χ0) is 14.7. The largest absolute Gasteiger partial charge is 0.427 e. The van der Waals surface area contributed by atoms with Crippen molar-refractivity contribution in [2.75, 3.05) is 0 Å². The van der Waals surface area contributed by atoms with E-state index < -0.39 is 8.60 Å². The molecule has 0 fully saturated rings. The van der Waals surface area contributed by atoms with Gasteiger partial charge in [-0.25, -0.2) is 0 Å². The SMILES string of the molecule is CC(C)c1ccc(OP(O)O)c(C(C)C)c1C(C)C. The van der Waals surface area contributed by atoms with Crippen molar-refractivity contribution < 1.29 is 14.3 Å². The summed E-state index contributed by atoms with van der Waals surface area (Å²) in [6.45, 7) is 12.9. The van der Waals surface area contributed by atoms with E-state index in [-0.39, 0.29) is 5.92 Å². The van der Waals surface area contributed by atoms with Crippen LogP contribution < -0.4 is 4.52 Å². The topological polar surface area (TPSA) is 49.7 Å². The van der Waals surface area contributed by atoms with Gasteiger partial charge in [0.1, 0.15) is 5.75 Å². The van der Waals surface area contributed by atoms with Gasteiger partial charge in [0, 0.05) is 5.56 Å². The van der Waals surface area contributed by atoms with Crippen molar-refractivity contribution in [2.24, 2.45) is 0 Å². The van der Waals surface area contributed by atoms with Crippen molar-refractivity contribution in [2.45, 2.75) is 59.3 Å². The Labute approximate surface area is 117 Å². The smallest absolute Gasteiger partial charge is 0.391 e. The van der Waals surface area contributed by atoms with Crippen LogP contribution in [0.3, 0.4) is 0 Å². The molecule has 0 aromatic heterocycles. The molecule has 0 atom stereocenters. The van der Waals surface area contributed by atoms with E-state index in [9.17, 15) is 0 Å². The molecule has 19 heavy (non-hydrogen) atoms. The Morgan fingerprint density at radius 2 is 1.37 bits per heavy atom. The van der Waals surface area contributed by atoms with E-state index in [1.165, 1.54) is 11.1 Å². The molecule has 3 nitrogen and oxygen atoms in total. The minimum absolute atomic E-state index is 0.279. The molecule has 1 aromatic rings. The highest BCUT2D eigenvalue weighted by Gasteiger charge is 2.22. The number of hydrogen-bond acceptors (Lipinski definition) is 3. The van der Waals surface area contributed by atoms with Gasteiger partial charge in [-0.3, -0.25) is 0 Å². The molecule has 2 N–H and O–H groups in total. The van der Waals surface area contributed by atoms with E-state index in [0.717, 1.165) is 5.56 Å². The average molecular weight is 284 g/mol. The van der Waals surface area contributed by atoms with Crippen LogP contribution in [-0.4, -0.2) is 9.79 Å². The highest BCUT2D eigenvalue weighted by molar-refractivity contribution is 7.39. The summed E-state index contributed by atoms with van der Waals surface area (Å²) in [6, 6.07) is 3.90. The van der Waals surface area contributed by atoms with Crippen LogP contribution in [0.5, 0.6) is 5.75 Å². The summed E-state index contributed by atoms with van der Waals surface area (Å²) in [6.07, 6.45) is 0. The monoisotopic (exact) mass is 284 g/mol. The Morgan fingerprint density at radius 1 is 0.842 bits per heavy atom. The fourth-order valence-corrected chi connectivity index (χ4v) is 2.88. The predicted molar refractivity (Wildman–Crippen MR) is 80.7 cm³/mol. The molecule has 0 spiro atoms. The summed E-state index contributed by atoms with van der Waals surface area (Å²) >= 11 is 0. The maximum Gasteiger partial charge on any atom is 0.391 e. The Balaban J connectivity index is 3.49. The van der Waals surface area contributed by atoms with E-state index in [4.69, 9.17) is 14.3 Å². The number of hydrogen-bond donors (Lipinski definition) is 2. The van der Waals surface area contributed by atoms with Crippen LogP contribution in [0.4, 0.5) is 0 Å². The van der Waals surface area contributed by atoms with Gasteiger partial charge in [0.25, 0.3) is 0 Å². The Hall–Kier alpha value is -0.630. The van der Waals surface area contributed by atoms with Crippen molar-refractivity contribution in [3.05, 3.63) is 28.8 Å². The predicted octanol–water partition coefficient (Wildman–Crippen LogP) is 4.65. The highest BCUT2D eigenvalue weighted by Crippen LogP contribution is 2.42. The third-order valence-corrected chi connectivity index (χ3v) is 3.60. The molecule has 1 aromatic carbocycles. The Morgan fingerprint density at radius 3 is 1.74 bits per heavy atom. The molecule has 4 heteroatoms. The first kappa shape index (κ1) is 16.4. The zero-order valence-electron chi connectivity index (χ0n) is 12.6. The standard InChI is InChI=1S/C15H25O3P/c1-9(2)12-7-8-13(18-19(16)17)15(11(5)6)14(12)10(3)4/h7-11,16-17H,1-6H3. The normalized spacial score (nSPS) is 12.0. The minimum atomic E-state index is -2.37. The third kappa shape index (κ3) is 3.92. The third-order valence-electron chi connectivity index (χ3n) is 3.24. The first-order valence-corrected chi connectivity index (χ1v) is 7.94. The lowest BCUT2D eigenvalue weighted by atomic mass is 9.83. The summed E-state index contributed by atoms with van der Waals surface area (Å²) in [7, 11) is -2.37. The maximum atomic E-state index is 9.12. The molecule has 0 unspecified atom stereocenters. The second-order valence-electron chi connectivity index (χ2n) is 5.79. The van der Waals surface area contributed by atoms with E-state index in [0.29, 0.717) is 17.6 Å². The molecule has 0 bridgehead atoms. The van der Waals surface area contributed by atoms with E-state index in [2.05, 4.69) is 41.5 Å². The second-order valence-corrected chi connectivity index (χ2v) is 6.48. The lowest BCUT2D eigenvalue weighted by Gasteiger charge is -2.25. The second kappa shape index (κ2) is 6.69. The summed E-state index contributed by atoms with van der Waals surface area (Å²) in [5.74, 6) is 1.69. The Kier molecular flexibility index (Phi) is 5.79. The highest BCUT2D eigenvalue weighted by atomic mass is 31.2. The van der Waals surface area contributed by atoms with Gasteiger partial charge in [-0.2, -0.15) is 0 Å². The van der Waals surface area contributed by atoms with E-state index >= 15 is 0 Å². The van der Waals surface area contributed by atoms with Crippen LogP contribution in [0.25, 0.3) is 0 Å². The quantitative estimate of drug-likeness (QED) is 0.774. The Bertz CT molecular complexity index is 426. The van der Waals surface area contributed by atoms with Gasteiger partial charge in [-0.15, -0.1) is 0 Å². The molecule has 0 saturated heterocycles. The van der Waals surface area contributed by atoms with Gasteiger partial charge in [0.05, 0.1) is 0 Å². The van der Waals surface area contributed by atoms with Crippen LogP contribution in [0, 0.1) is 0 Å². The molecule has 0 aliphatic heterocycles. The van der Waals surface area contributed by atoms with Gasteiger partial charge in [0.15, 0.2) is 0 Å². The van der Waals surface area contributed by atoms with Gasteiger partial charge in [-0.05, 0) is 34.9 Å². The van der Waals surface area contributed by atoms with E-state index in [1.54, 1.807) is 0 Å². The summed E-state index contributed by atoms with van der Waals surface area (Å²) in [5.41, 5.74) is 3.68. The van der Waals surface area contributed by atoms with Crippen molar-refractivity contribution in [3.8, 4) is 5.75 Å². The van der Waals surface area contributed by atoms with Crippen molar-refractivity contribution >= 4 is 8.60 Å². The van der Waals surface area contributed by atoms with E-state index in [1.807, 2.05) is 12.1 Å². The number of benzene rings is 1. The lowest BCUT2D eigenvalue weighted by molar-refractivity contribution is 0.372. The molecule has 0 saturated carbocycles. The van der Waals surface area contributed by atoms with Crippen LogP contribution in [0.2, 0.25) is 0 Å². The molecule has 0 aliphatic rings. The van der Waals surface area contributed by atoms with Crippen molar-refractivity contribution in [1.82, 2.24) is 0 Å². The molecule has 1 rings (SSSR count). The lowest BCUT2D eigenvalue weighted by Crippen LogP contribution is -2.07. The fourth-order valence-electron chi connectivity index (χ4n) is 2.54. The fraction of sp³-hybridized carbons (Fsp3) is 0.600. The van der Waals surface area contributed by atoms with Gasteiger partial charge in [0.2, 0.25) is 0 Å². The minimum Gasteiger partial charge on any atom is -0.427 e. The zero-order valence-corrected chi connectivity index (χ0v) is 13.5. The molecule has 0 radical (unpaired) electrons. The van der Waals surface area contributed by atoms with Crippen LogP contribution in [0.1, 0.15) is 76.0 Å². The molecular weight excluding hydrogens is 259 g/mol. The first-order valence-electron chi connectivity index (χ1n) is 6.78. The van der Waals surface area contributed by atoms with Crippen molar-refractivity contribution in [1.29, 1.82) is 0 Å². The van der Waals surface area contributed by atoms with Crippen molar-refractivity contribution in [3.63, 3.8) is 0 Å². The van der Waals surface area contributed by atoms with Gasteiger partial charge in [-0.1, -0.05) is 47.6 Å². The van der Waals surface area contributed by atoms with Crippen LogP contribution >= 0.6 is 8.60 Å². The van der Waals surface area contributed by atoms with Gasteiger partial charge >= 0.3 is 8.60 Å².